The Balaban J connectivity index is 1.54. The third-order valence-electron chi connectivity index (χ3n) is 2.87. The number of thiophene rings is 1. The summed E-state index contributed by atoms with van der Waals surface area (Å²) in [5.41, 5.74) is 1.35. The maximum Gasteiger partial charge on any atom is 0.157 e. The van der Waals surface area contributed by atoms with Crippen LogP contribution in [-0.2, 0) is 6.54 Å². The van der Waals surface area contributed by atoms with E-state index >= 15 is 0 Å². The maximum absolute atomic E-state index is 4.58. The number of nitrogens with one attached hydrogen (secondary N) is 1. The molecule has 5 heteroatoms. The lowest BCUT2D eigenvalue weighted by molar-refractivity contribution is 0.925. The number of nitrogens with zero attached hydrogens (tertiary/aromatic N) is 1. The van der Waals surface area contributed by atoms with E-state index in [1.165, 1.54) is 14.2 Å². The van der Waals surface area contributed by atoms with Gasteiger partial charge in [0, 0.05) is 4.88 Å². The van der Waals surface area contributed by atoms with Gasteiger partial charge in [0.2, 0.25) is 0 Å². The summed E-state index contributed by atoms with van der Waals surface area (Å²) in [5, 5.41) is 4.92. The zero-order valence-electron chi connectivity index (χ0n) is 10.2. The highest BCUT2D eigenvalue weighted by molar-refractivity contribution is 9.11. The van der Waals surface area contributed by atoms with Crippen molar-refractivity contribution >= 4 is 44.2 Å². The summed E-state index contributed by atoms with van der Waals surface area (Å²) in [6, 6.07) is 14.8. The monoisotopic (exact) mass is 352 g/mol. The standard InChI is InChI=1S/C14H13BrN2S2/c15-13-7-6-11(18-13)8-16-14-17-9-12(19-14)10-4-2-1-3-5-10/h1-7,12H,8-9H2,(H,16,17). The van der Waals surface area contributed by atoms with Gasteiger partial charge in [-0.1, -0.05) is 42.1 Å². The van der Waals surface area contributed by atoms with Gasteiger partial charge < -0.3 is 5.32 Å². The summed E-state index contributed by atoms with van der Waals surface area (Å²) in [6.45, 7) is 1.72. The van der Waals surface area contributed by atoms with E-state index in [-0.39, 0.29) is 0 Å². The molecule has 1 aromatic heterocycles. The quantitative estimate of drug-likeness (QED) is 0.882. The number of benzene rings is 1. The summed E-state index contributed by atoms with van der Waals surface area (Å²) in [6.07, 6.45) is 0. The second kappa shape index (κ2) is 6.11. The van der Waals surface area contributed by atoms with Gasteiger partial charge in [0.05, 0.1) is 22.1 Å². The Morgan fingerprint density at radius 1 is 1.21 bits per heavy atom. The molecule has 98 valence electrons. The molecular weight excluding hydrogens is 340 g/mol. The Morgan fingerprint density at radius 3 is 2.79 bits per heavy atom. The number of hydrogen-bond donors (Lipinski definition) is 1. The highest BCUT2D eigenvalue weighted by atomic mass is 79.9. The van der Waals surface area contributed by atoms with Gasteiger partial charge in [0.25, 0.3) is 0 Å². The lowest BCUT2D eigenvalue weighted by Gasteiger charge is -2.08. The number of thioether (sulfide) groups is 1. The van der Waals surface area contributed by atoms with Gasteiger partial charge in [-0.05, 0) is 33.6 Å². The number of aliphatic imine (C=N–C) groups is 1. The van der Waals surface area contributed by atoms with Gasteiger partial charge in [-0.15, -0.1) is 11.3 Å². The van der Waals surface area contributed by atoms with Crippen molar-refractivity contribution in [2.45, 2.75) is 11.8 Å². The summed E-state index contributed by atoms with van der Waals surface area (Å²) in [4.78, 5) is 5.89. The lowest BCUT2D eigenvalue weighted by atomic mass is 10.1. The zero-order valence-corrected chi connectivity index (χ0v) is 13.4. The molecule has 0 amide bonds. The zero-order chi connectivity index (χ0) is 13.1. The summed E-state index contributed by atoms with van der Waals surface area (Å²) in [7, 11) is 0. The van der Waals surface area contributed by atoms with Crippen molar-refractivity contribution in [2.75, 3.05) is 6.54 Å². The van der Waals surface area contributed by atoms with Crippen molar-refractivity contribution in [3.8, 4) is 0 Å². The number of hydrogen-bond acceptors (Lipinski definition) is 4. The minimum absolute atomic E-state index is 0.457. The van der Waals surface area contributed by atoms with Crippen molar-refractivity contribution in [3.05, 3.63) is 56.7 Å². The van der Waals surface area contributed by atoms with Crippen LogP contribution >= 0.6 is 39.0 Å². The molecule has 1 aromatic carbocycles. The van der Waals surface area contributed by atoms with E-state index in [2.05, 4.69) is 68.7 Å². The fourth-order valence-corrected chi connectivity index (χ4v) is 4.36. The molecule has 2 aromatic rings. The molecule has 1 atom stereocenters. The Labute approximate surface area is 129 Å². The van der Waals surface area contributed by atoms with E-state index in [1.807, 2.05) is 11.8 Å². The Morgan fingerprint density at radius 2 is 2.05 bits per heavy atom. The maximum atomic E-state index is 4.58. The average Bonchev–Trinajstić information content (AvgIpc) is 3.06. The number of amidine groups is 1. The van der Waals surface area contributed by atoms with Crippen LogP contribution in [0.15, 0.2) is 51.2 Å². The topological polar surface area (TPSA) is 24.4 Å². The molecule has 19 heavy (non-hydrogen) atoms. The lowest BCUT2D eigenvalue weighted by Crippen LogP contribution is -2.17. The molecule has 1 N–H and O–H groups in total. The number of rotatable bonds is 3. The van der Waals surface area contributed by atoms with Gasteiger partial charge >= 0.3 is 0 Å². The average molecular weight is 353 g/mol. The summed E-state index contributed by atoms with van der Waals surface area (Å²) >= 11 is 7.06. The molecule has 2 heterocycles. The van der Waals surface area contributed by atoms with Crippen LogP contribution in [0.4, 0.5) is 0 Å². The summed E-state index contributed by atoms with van der Waals surface area (Å²) in [5.74, 6) is 0. The van der Waals surface area contributed by atoms with Gasteiger partial charge in [0.15, 0.2) is 5.17 Å². The van der Waals surface area contributed by atoms with E-state index in [9.17, 15) is 0 Å². The van der Waals surface area contributed by atoms with Crippen molar-refractivity contribution in [1.29, 1.82) is 0 Å². The third kappa shape index (κ3) is 3.41. The molecule has 0 bridgehead atoms. The van der Waals surface area contributed by atoms with Crippen molar-refractivity contribution in [3.63, 3.8) is 0 Å². The minimum Gasteiger partial charge on any atom is -0.360 e. The third-order valence-corrected chi connectivity index (χ3v) is 5.69. The predicted molar refractivity (Wildman–Crippen MR) is 87.9 cm³/mol. The fraction of sp³-hybridized carbons (Fsp3) is 0.214. The minimum atomic E-state index is 0.457. The van der Waals surface area contributed by atoms with Crippen LogP contribution < -0.4 is 5.32 Å². The molecule has 3 rings (SSSR count). The van der Waals surface area contributed by atoms with Gasteiger partial charge in [-0.3, -0.25) is 4.99 Å². The van der Waals surface area contributed by atoms with Crippen molar-refractivity contribution < 1.29 is 0 Å². The molecule has 0 fully saturated rings. The normalized spacial score (nSPS) is 18.4. The van der Waals surface area contributed by atoms with Crippen LogP contribution in [0, 0.1) is 0 Å². The highest BCUT2D eigenvalue weighted by Gasteiger charge is 2.20. The Bertz CT molecular complexity index is 580. The molecule has 2 nitrogen and oxygen atoms in total. The van der Waals surface area contributed by atoms with Gasteiger partial charge in [-0.25, -0.2) is 0 Å². The SMILES string of the molecule is Brc1ccc(CNC2=NCC(c3ccccc3)S2)s1. The van der Waals surface area contributed by atoms with Gasteiger partial charge in [0.1, 0.15) is 0 Å². The van der Waals surface area contributed by atoms with Crippen LogP contribution in [-0.4, -0.2) is 11.7 Å². The van der Waals surface area contributed by atoms with E-state index in [1.54, 1.807) is 11.3 Å². The second-order valence-corrected chi connectivity index (χ2v) is 7.96. The summed E-state index contributed by atoms with van der Waals surface area (Å²) < 4.78 is 1.17. The van der Waals surface area contributed by atoms with Crippen LogP contribution in [0.2, 0.25) is 0 Å². The molecular formula is C14H13BrN2S2. The largest absolute Gasteiger partial charge is 0.360 e. The first kappa shape index (κ1) is 13.2. The predicted octanol–water partition coefficient (Wildman–Crippen LogP) is 4.44. The first-order valence-corrected chi connectivity index (χ1v) is 8.54. The first-order valence-electron chi connectivity index (χ1n) is 6.05. The number of halogens is 1. The molecule has 0 radical (unpaired) electrons. The highest BCUT2D eigenvalue weighted by Crippen LogP contribution is 2.34. The molecule has 0 saturated heterocycles. The fourth-order valence-electron chi connectivity index (χ4n) is 1.92. The molecule has 0 aliphatic carbocycles. The van der Waals surface area contributed by atoms with E-state index < -0.39 is 0 Å². The smallest absolute Gasteiger partial charge is 0.157 e. The first-order chi connectivity index (χ1) is 9.31. The van der Waals surface area contributed by atoms with Crippen molar-refractivity contribution in [2.24, 2.45) is 4.99 Å². The van der Waals surface area contributed by atoms with Crippen LogP contribution in [0.5, 0.6) is 0 Å². The Hall–Kier alpha value is -0.780. The molecule has 1 unspecified atom stereocenters. The Kier molecular flexibility index (Phi) is 4.25. The van der Waals surface area contributed by atoms with Crippen LogP contribution in [0.3, 0.4) is 0 Å². The van der Waals surface area contributed by atoms with Gasteiger partial charge in [-0.2, -0.15) is 0 Å². The molecule has 1 aliphatic heterocycles. The van der Waals surface area contributed by atoms with Crippen LogP contribution in [0.1, 0.15) is 15.7 Å². The molecule has 0 spiro atoms. The second-order valence-electron chi connectivity index (χ2n) is 4.22. The van der Waals surface area contributed by atoms with E-state index in [0.717, 1.165) is 18.3 Å². The molecule has 1 aliphatic rings. The van der Waals surface area contributed by atoms with Crippen molar-refractivity contribution in [1.82, 2.24) is 5.32 Å². The van der Waals surface area contributed by atoms with E-state index in [0.29, 0.717) is 5.25 Å². The van der Waals surface area contributed by atoms with Crippen LogP contribution in [0.25, 0.3) is 0 Å². The molecule has 0 saturated carbocycles. The van der Waals surface area contributed by atoms with E-state index in [4.69, 9.17) is 0 Å².